The number of hydrogen-bond acceptors (Lipinski definition) is 3. The Bertz CT molecular complexity index is 904. The van der Waals surface area contributed by atoms with Gasteiger partial charge in [0.1, 0.15) is 6.33 Å². The van der Waals surface area contributed by atoms with Crippen molar-refractivity contribution in [1.29, 1.82) is 0 Å². The average molecular weight is 411 g/mol. The number of nitrogens with zero attached hydrogens (tertiary/aromatic N) is 3. The van der Waals surface area contributed by atoms with E-state index in [4.69, 9.17) is 0 Å². The van der Waals surface area contributed by atoms with Gasteiger partial charge in [0.2, 0.25) is 5.95 Å². The van der Waals surface area contributed by atoms with Crippen LogP contribution in [0, 0.1) is 17.5 Å². The first-order chi connectivity index (χ1) is 11.9. The van der Waals surface area contributed by atoms with Crippen molar-refractivity contribution in [3.05, 3.63) is 75.8 Å². The Hall–Kier alpha value is -2.68. The van der Waals surface area contributed by atoms with Crippen molar-refractivity contribution < 1.29 is 18.0 Å². The standard InChI is InChI=1S/C16H10BrF3N4O/c17-11-3-1-9(2-4-11)7-24-8-21-16(23-24)22-15(25)10-5-12(18)14(20)13(19)6-10/h1-6,8H,7H2,(H,22,23,25). The third kappa shape index (κ3) is 4.05. The van der Waals surface area contributed by atoms with E-state index in [0.717, 1.165) is 10.0 Å². The Kier molecular flexibility index (Phi) is 4.84. The summed E-state index contributed by atoms with van der Waals surface area (Å²) >= 11 is 3.34. The minimum atomic E-state index is -1.63. The second kappa shape index (κ2) is 7.06. The fraction of sp³-hybridized carbons (Fsp3) is 0.0625. The Labute approximate surface area is 148 Å². The molecule has 0 bridgehead atoms. The molecule has 25 heavy (non-hydrogen) atoms. The number of carbonyl (C=O) groups excluding carboxylic acids is 1. The zero-order valence-electron chi connectivity index (χ0n) is 12.5. The molecule has 0 radical (unpaired) electrons. The molecular weight excluding hydrogens is 401 g/mol. The number of nitrogens with one attached hydrogen (secondary N) is 1. The van der Waals surface area contributed by atoms with E-state index in [1.54, 1.807) is 0 Å². The topological polar surface area (TPSA) is 59.8 Å². The molecule has 3 aromatic rings. The van der Waals surface area contributed by atoms with E-state index < -0.39 is 23.4 Å². The monoisotopic (exact) mass is 410 g/mol. The molecule has 2 aromatic carbocycles. The number of anilines is 1. The summed E-state index contributed by atoms with van der Waals surface area (Å²) in [4.78, 5) is 15.9. The van der Waals surface area contributed by atoms with Crippen molar-refractivity contribution in [2.24, 2.45) is 0 Å². The van der Waals surface area contributed by atoms with Gasteiger partial charge < -0.3 is 0 Å². The van der Waals surface area contributed by atoms with Crippen molar-refractivity contribution in [3.63, 3.8) is 0 Å². The molecule has 0 aliphatic heterocycles. The van der Waals surface area contributed by atoms with Crippen molar-refractivity contribution in [2.45, 2.75) is 6.54 Å². The Morgan fingerprint density at radius 1 is 1.12 bits per heavy atom. The largest absolute Gasteiger partial charge is 0.289 e. The van der Waals surface area contributed by atoms with Crippen LogP contribution in [-0.2, 0) is 6.54 Å². The summed E-state index contributed by atoms with van der Waals surface area (Å²) < 4.78 is 41.7. The van der Waals surface area contributed by atoms with Crippen LogP contribution in [0.15, 0.2) is 47.2 Å². The van der Waals surface area contributed by atoms with Crippen LogP contribution in [0.5, 0.6) is 0 Å². The smallest absolute Gasteiger partial charge is 0.258 e. The van der Waals surface area contributed by atoms with Gasteiger partial charge in [-0.05, 0) is 29.8 Å². The highest BCUT2D eigenvalue weighted by atomic mass is 79.9. The van der Waals surface area contributed by atoms with Crippen LogP contribution in [0.1, 0.15) is 15.9 Å². The fourth-order valence-electron chi connectivity index (χ4n) is 2.07. The summed E-state index contributed by atoms with van der Waals surface area (Å²) in [6, 6.07) is 8.76. The average Bonchev–Trinajstić information content (AvgIpc) is 3.01. The highest BCUT2D eigenvalue weighted by molar-refractivity contribution is 9.10. The predicted octanol–water partition coefficient (Wildman–Crippen LogP) is 3.76. The van der Waals surface area contributed by atoms with Gasteiger partial charge >= 0.3 is 0 Å². The van der Waals surface area contributed by atoms with Crippen LogP contribution in [-0.4, -0.2) is 20.7 Å². The molecule has 0 aliphatic carbocycles. The van der Waals surface area contributed by atoms with Crippen LogP contribution in [0.2, 0.25) is 0 Å². The maximum atomic E-state index is 13.2. The maximum Gasteiger partial charge on any atom is 0.258 e. The van der Waals surface area contributed by atoms with Gasteiger partial charge in [0, 0.05) is 10.0 Å². The van der Waals surface area contributed by atoms with E-state index in [1.165, 1.54) is 11.0 Å². The van der Waals surface area contributed by atoms with E-state index in [9.17, 15) is 18.0 Å². The van der Waals surface area contributed by atoms with Gasteiger partial charge in [-0.25, -0.2) is 22.8 Å². The number of halogens is 4. The van der Waals surface area contributed by atoms with Crippen molar-refractivity contribution in [2.75, 3.05) is 5.32 Å². The summed E-state index contributed by atoms with van der Waals surface area (Å²) in [5, 5.41) is 6.36. The quantitative estimate of drug-likeness (QED) is 0.666. The van der Waals surface area contributed by atoms with E-state index in [-0.39, 0.29) is 11.5 Å². The molecule has 0 unspecified atom stereocenters. The van der Waals surface area contributed by atoms with Gasteiger partial charge in [-0.3, -0.25) is 10.1 Å². The highest BCUT2D eigenvalue weighted by Crippen LogP contribution is 2.15. The molecule has 1 amide bonds. The van der Waals surface area contributed by atoms with Gasteiger partial charge in [0.25, 0.3) is 5.91 Å². The zero-order chi connectivity index (χ0) is 18.0. The number of benzene rings is 2. The molecular formula is C16H10BrF3N4O. The first kappa shape index (κ1) is 17.2. The second-order valence-electron chi connectivity index (χ2n) is 5.10. The molecule has 9 heteroatoms. The normalized spacial score (nSPS) is 10.7. The molecule has 0 fully saturated rings. The molecule has 5 nitrogen and oxygen atoms in total. The minimum Gasteiger partial charge on any atom is -0.289 e. The number of rotatable bonds is 4. The van der Waals surface area contributed by atoms with Crippen LogP contribution in [0.3, 0.4) is 0 Å². The molecule has 0 spiro atoms. The van der Waals surface area contributed by atoms with Gasteiger partial charge in [-0.1, -0.05) is 28.1 Å². The second-order valence-corrected chi connectivity index (χ2v) is 6.02. The first-order valence-corrected chi connectivity index (χ1v) is 7.81. The molecule has 1 aromatic heterocycles. The van der Waals surface area contributed by atoms with Crippen LogP contribution in [0.25, 0.3) is 0 Å². The van der Waals surface area contributed by atoms with Crippen molar-refractivity contribution >= 4 is 27.8 Å². The Morgan fingerprint density at radius 3 is 2.40 bits per heavy atom. The molecule has 1 N–H and O–H groups in total. The van der Waals surface area contributed by atoms with Crippen LogP contribution < -0.4 is 5.32 Å². The van der Waals surface area contributed by atoms with E-state index in [2.05, 4.69) is 31.3 Å². The highest BCUT2D eigenvalue weighted by Gasteiger charge is 2.16. The predicted molar refractivity (Wildman–Crippen MR) is 87.5 cm³/mol. The summed E-state index contributed by atoms with van der Waals surface area (Å²) in [6.45, 7) is 0.427. The lowest BCUT2D eigenvalue weighted by Gasteiger charge is -2.03. The number of aromatic nitrogens is 3. The molecule has 128 valence electrons. The first-order valence-electron chi connectivity index (χ1n) is 7.02. The molecule has 0 atom stereocenters. The van der Waals surface area contributed by atoms with Gasteiger partial charge in [-0.15, -0.1) is 5.10 Å². The lowest BCUT2D eigenvalue weighted by molar-refractivity contribution is 0.102. The molecule has 0 aliphatic rings. The number of hydrogen-bond donors (Lipinski definition) is 1. The SMILES string of the molecule is O=C(Nc1ncn(Cc2ccc(Br)cc2)n1)c1cc(F)c(F)c(F)c1. The Morgan fingerprint density at radius 2 is 1.76 bits per heavy atom. The minimum absolute atomic E-state index is 0.0350. The maximum absolute atomic E-state index is 13.2. The molecule has 3 rings (SSSR count). The fourth-order valence-corrected chi connectivity index (χ4v) is 2.33. The number of amides is 1. The summed E-state index contributed by atoms with van der Waals surface area (Å²) in [5.41, 5.74) is 0.592. The molecule has 0 saturated carbocycles. The van der Waals surface area contributed by atoms with Crippen molar-refractivity contribution in [3.8, 4) is 0 Å². The molecule has 0 saturated heterocycles. The van der Waals surface area contributed by atoms with Crippen LogP contribution in [0.4, 0.5) is 19.1 Å². The van der Waals surface area contributed by atoms with Gasteiger partial charge in [-0.2, -0.15) is 0 Å². The Balaban J connectivity index is 1.70. The van der Waals surface area contributed by atoms with E-state index >= 15 is 0 Å². The summed E-state index contributed by atoms with van der Waals surface area (Å²) in [5.74, 6) is -5.40. The molecule has 1 heterocycles. The van der Waals surface area contributed by atoms with E-state index in [1.807, 2.05) is 24.3 Å². The van der Waals surface area contributed by atoms with Crippen molar-refractivity contribution in [1.82, 2.24) is 14.8 Å². The lowest BCUT2D eigenvalue weighted by atomic mass is 10.2. The van der Waals surface area contributed by atoms with Gasteiger partial charge in [0.15, 0.2) is 17.5 Å². The lowest BCUT2D eigenvalue weighted by Crippen LogP contribution is -2.14. The third-order valence-corrected chi connectivity index (χ3v) is 3.79. The van der Waals surface area contributed by atoms with E-state index in [0.29, 0.717) is 18.7 Å². The van der Waals surface area contributed by atoms with Gasteiger partial charge in [0.05, 0.1) is 6.54 Å². The third-order valence-electron chi connectivity index (χ3n) is 3.27. The zero-order valence-corrected chi connectivity index (χ0v) is 14.1. The summed E-state index contributed by atoms with van der Waals surface area (Å²) in [7, 11) is 0. The van der Waals surface area contributed by atoms with Crippen LogP contribution >= 0.6 is 15.9 Å². The summed E-state index contributed by atoms with van der Waals surface area (Å²) in [6.07, 6.45) is 1.41. The number of carbonyl (C=O) groups is 1.